The van der Waals surface area contributed by atoms with Crippen molar-refractivity contribution < 1.29 is 15.3 Å². The Labute approximate surface area is 190 Å². The molecule has 0 bridgehead atoms. The molecule has 0 saturated carbocycles. The average molecular weight is 449 g/mol. The first-order valence-electron chi connectivity index (χ1n) is 11.2. The van der Waals surface area contributed by atoms with Crippen LogP contribution >= 0.6 is 23.5 Å². The minimum absolute atomic E-state index is 0.0210. The Balaban J connectivity index is 1.95. The van der Waals surface area contributed by atoms with Crippen molar-refractivity contribution in [1.82, 2.24) is 0 Å². The number of hydrogen-bond donors (Lipinski definition) is 3. The summed E-state index contributed by atoms with van der Waals surface area (Å²) in [6.45, 7) is 8.40. The Morgan fingerprint density at radius 1 is 1.13 bits per heavy atom. The third-order valence-electron chi connectivity index (χ3n) is 6.48. The largest absolute Gasteiger partial charge is 0.507 e. The van der Waals surface area contributed by atoms with Gasteiger partial charge >= 0.3 is 0 Å². The molecule has 3 rings (SSSR count). The molecule has 0 aromatic heterocycles. The zero-order chi connectivity index (χ0) is 21.7. The van der Waals surface area contributed by atoms with Gasteiger partial charge in [0, 0.05) is 23.0 Å². The SMILES string of the molecule is C=C(C)C1CCC(CO)=CC1c1c(O)cc(C2(CCCCCC)SCCS2)cc1O. The van der Waals surface area contributed by atoms with Crippen LogP contribution in [0.5, 0.6) is 11.5 Å². The summed E-state index contributed by atoms with van der Waals surface area (Å²) in [5.74, 6) is 2.53. The summed E-state index contributed by atoms with van der Waals surface area (Å²) in [6.07, 6.45) is 9.66. The zero-order valence-corrected chi connectivity index (χ0v) is 20.0. The Bertz CT molecular complexity index is 758. The maximum Gasteiger partial charge on any atom is 0.123 e. The van der Waals surface area contributed by atoms with Crippen molar-refractivity contribution in [3.8, 4) is 11.5 Å². The smallest absolute Gasteiger partial charge is 0.123 e. The number of aromatic hydroxyl groups is 2. The summed E-state index contributed by atoms with van der Waals surface area (Å²) in [5, 5.41) is 31.8. The molecule has 1 fully saturated rings. The van der Waals surface area contributed by atoms with Crippen molar-refractivity contribution in [2.45, 2.75) is 68.8 Å². The average Bonchev–Trinajstić information content (AvgIpc) is 3.20. The van der Waals surface area contributed by atoms with E-state index < -0.39 is 0 Å². The van der Waals surface area contributed by atoms with Gasteiger partial charge < -0.3 is 15.3 Å². The number of rotatable bonds is 9. The fourth-order valence-corrected chi connectivity index (χ4v) is 8.13. The van der Waals surface area contributed by atoms with Gasteiger partial charge in [0.1, 0.15) is 11.5 Å². The van der Waals surface area contributed by atoms with Crippen LogP contribution < -0.4 is 0 Å². The predicted octanol–water partition coefficient (Wildman–Crippen LogP) is 6.69. The summed E-state index contributed by atoms with van der Waals surface area (Å²) in [6, 6.07) is 3.77. The molecule has 0 amide bonds. The Morgan fingerprint density at radius 3 is 2.37 bits per heavy atom. The summed E-state index contributed by atoms with van der Waals surface area (Å²) in [4.78, 5) is 0. The molecule has 1 aromatic rings. The molecular weight excluding hydrogens is 412 g/mol. The fraction of sp³-hybridized carbons (Fsp3) is 0.600. The number of allylic oxidation sites excluding steroid dienone is 2. The number of aliphatic hydroxyl groups is 1. The molecule has 1 aliphatic heterocycles. The highest BCUT2D eigenvalue weighted by atomic mass is 32.2. The van der Waals surface area contributed by atoms with Gasteiger partial charge in [-0.3, -0.25) is 0 Å². The second-order valence-corrected chi connectivity index (χ2v) is 11.7. The van der Waals surface area contributed by atoms with Gasteiger partial charge in [0.2, 0.25) is 0 Å². The summed E-state index contributed by atoms with van der Waals surface area (Å²) in [7, 11) is 0. The van der Waals surface area contributed by atoms with E-state index in [1.807, 2.05) is 48.7 Å². The minimum Gasteiger partial charge on any atom is -0.507 e. The van der Waals surface area contributed by atoms with Crippen molar-refractivity contribution in [2.24, 2.45) is 5.92 Å². The van der Waals surface area contributed by atoms with E-state index in [0.717, 1.165) is 47.5 Å². The van der Waals surface area contributed by atoms with Gasteiger partial charge in [0.25, 0.3) is 0 Å². The van der Waals surface area contributed by atoms with Crippen molar-refractivity contribution >= 4 is 23.5 Å². The van der Waals surface area contributed by atoms with Crippen molar-refractivity contribution in [2.75, 3.05) is 18.1 Å². The number of aliphatic hydroxyl groups excluding tert-OH is 1. The van der Waals surface area contributed by atoms with Gasteiger partial charge in [-0.25, -0.2) is 0 Å². The van der Waals surface area contributed by atoms with Crippen LogP contribution in [0.4, 0.5) is 0 Å². The van der Waals surface area contributed by atoms with Crippen molar-refractivity contribution in [3.05, 3.63) is 47.1 Å². The van der Waals surface area contributed by atoms with Crippen LogP contribution in [0.3, 0.4) is 0 Å². The second-order valence-electron chi connectivity index (χ2n) is 8.69. The second kappa shape index (κ2) is 10.5. The molecule has 166 valence electrons. The predicted molar refractivity (Wildman–Crippen MR) is 131 cm³/mol. The quantitative estimate of drug-likeness (QED) is 0.290. The third-order valence-corrected chi connectivity index (χ3v) is 10.1. The molecule has 30 heavy (non-hydrogen) atoms. The topological polar surface area (TPSA) is 60.7 Å². The molecule has 1 heterocycles. The van der Waals surface area contributed by atoms with Crippen LogP contribution in [0, 0.1) is 5.92 Å². The zero-order valence-electron chi connectivity index (χ0n) is 18.3. The van der Waals surface area contributed by atoms with Gasteiger partial charge in [0.05, 0.1) is 10.7 Å². The van der Waals surface area contributed by atoms with Gasteiger partial charge in [-0.1, -0.05) is 50.8 Å². The lowest BCUT2D eigenvalue weighted by atomic mass is 9.73. The normalized spacial score (nSPS) is 23.4. The highest BCUT2D eigenvalue weighted by molar-refractivity contribution is 8.20. The molecule has 5 heteroatoms. The van der Waals surface area contributed by atoms with E-state index in [1.54, 1.807) is 0 Å². The van der Waals surface area contributed by atoms with E-state index in [4.69, 9.17) is 0 Å². The molecule has 1 aliphatic carbocycles. The molecule has 1 saturated heterocycles. The molecule has 1 aromatic carbocycles. The molecule has 2 aliphatic rings. The van der Waals surface area contributed by atoms with E-state index in [1.165, 1.54) is 25.7 Å². The van der Waals surface area contributed by atoms with Gasteiger partial charge in [-0.15, -0.1) is 23.5 Å². The lowest BCUT2D eigenvalue weighted by Gasteiger charge is -2.33. The molecular formula is C25H36O3S2. The van der Waals surface area contributed by atoms with Gasteiger partial charge in [0.15, 0.2) is 0 Å². The summed E-state index contributed by atoms with van der Waals surface area (Å²) in [5.41, 5.74) is 3.62. The van der Waals surface area contributed by atoms with Crippen LogP contribution in [0.2, 0.25) is 0 Å². The fourth-order valence-electron chi connectivity index (χ4n) is 4.82. The highest BCUT2D eigenvalue weighted by Gasteiger charge is 2.39. The number of phenolic OH excluding ortho intramolecular Hbond substituents is 2. The van der Waals surface area contributed by atoms with E-state index in [0.29, 0.717) is 5.56 Å². The molecule has 0 spiro atoms. The summed E-state index contributed by atoms with van der Waals surface area (Å²) >= 11 is 3.90. The van der Waals surface area contributed by atoms with E-state index in [2.05, 4.69) is 13.5 Å². The number of unbranched alkanes of at least 4 members (excludes halogenated alkanes) is 3. The van der Waals surface area contributed by atoms with Crippen molar-refractivity contribution in [1.29, 1.82) is 0 Å². The number of benzene rings is 1. The number of hydrogen-bond acceptors (Lipinski definition) is 5. The first-order valence-corrected chi connectivity index (χ1v) is 13.2. The first-order chi connectivity index (χ1) is 14.4. The van der Waals surface area contributed by atoms with Crippen LogP contribution in [0.1, 0.15) is 75.8 Å². The standard InChI is InChI=1S/C25H36O3S2/c1-4-5-6-7-10-25(29-11-12-30-25)19-14-22(27)24(23(28)15-19)21-13-18(16-26)8-9-20(21)17(2)3/h13-15,20-21,26-28H,2,4-12,16H2,1,3H3. The Morgan fingerprint density at radius 2 is 1.80 bits per heavy atom. The van der Waals surface area contributed by atoms with Crippen LogP contribution in [-0.2, 0) is 4.08 Å². The van der Waals surface area contributed by atoms with Gasteiger partial charge in [-0.2, -0.15) is 0 Å². The van der Waals surface area contributed by atoms with E-state index in [9.17, 15) is 15.3 Å². The maximum atomic E-state index is 11.1. The number of phenols is 2. The van der Waals surface area contributed by atoms with E-state index >= 15 is 0 Å². The van der Waals surface area contributed by atoms with E-state index in [-0.39, 0.29) is 34.0 Å². The van der Waals surface area contributed by atoms with Crippen LogP contribution in [0.25, 0.3) is 0 Å². The van der Waals surface area contributed by atoms with Crippen molar-refractivity contribution in [3.63, 3.8) is 0 Å². The Hall–Kier alpha value is -1.04. The molecule has 3 N–H and O–H groups in total. The van der Waals surface area contributed by atoms with Crippen LogP contribution in [0.15, 0.2) is 35.9 Å². The Kier molecular flexibility index (Phi) is 8.28. The molecule has 0 radical (unpaired) electrons. The minimum atomic E-state index is -0.156. The first kappa shape index (κ1) is 23.6. The highest BCUT2D eigenvalue weighted by Crippen LogP contribution is 2.57. The maximum absolute atomic E-state index is 11.1. The third kappa shape index (κ3) is 5.05. The molecule has 3 nitrogen and oxygen atoms in total. The molecule has 2 atom stereocenters. The molecule has 2 unspecified atom stereocenters. The monoisotopic (exact) mass is 448 g/mol. The lowest BCUT2D eigenvalue weighted by Crippen LogP contribution is -2.19. The number of thioether (sulfide) groups is 2. The van der Waals surface area contributed by atoms with Crippen LogP contribution in [-0.4, -0.2) is 33.4 Å². The van der Waals surface area contributed by atoms with Gasteiger partial charge in [-0.05, 0) is 55.4 Å². The lowest BCUT2D eigenvalue weighted by molar-refractivity contribution is 0.314. The summed E-state index contributed by atoms with van der Waals surface area (Å²) < 4.78 is -0.0757.